The van der Waals surface area contributed by atoms with E-state index in [9.17, 15) is 0 Å². The summed E-state index contributed by atoms with van der Waals surface area (Å²) < 4.78 is 0. The summed E-state index contributed by atoms with van der Waals surface area (Å²) >= 11 is 0. The summed E-state index contributed by atoms with van der Waals surface area (Å²) in [5.74, 6) is 1.74. The Kier molecular flexibility index (Phi) is 2.78. The number of nitrogens with two attached hydrogens (primary N) is 1. The molecule has 0 amide bonds. The van der Waals surface area contributed by atoms with E-state index in [0.717, 1.165) is 18.4 Å². The van der Waals surface area contributed by atoms with Crippen LogP contribution in [0, 0.1) is 5.92 Å². The van der Waals surface area contributed by atoms with E-state index in [1.54, 1.807) is 0 Å². The van der Waals surface area contributed by atoms with Crippen molar-refractivity contribution in [1.29, 1.82) is 0 Å². The first-order valence-corrected chi connectivity index (χ1v) is 6.94. The van der Waals surface area contributed by atoms with E-state index < -0.39 is 0 Å². The van der Waals surface area contributed by atoms with Gasteiger partial charge in [-0.15, -0.1) is 0 Å². The third kappa shape index (κ3) is 2.04. The maximum Gasteiger partial charge on any atom is 0.191 e. The summed E-state index contributed by atoms with van der Waals surface area (Å²) in [6, 6.07) is 1.27. The van der Waals surface area contributed by atoms with Crippen LogP contribution in [-0.2, 0) is 0 Å². The molecule has 1 heterocycles. The average molecular weight is 221 g/mol. The number of aliphatic imine (C=N–C) groups is 1. The molecule has 1 saturated heterocycles. The minimum atomic E-state index is 0.560. The topological polar surface area (TPSA) is 41.6 Å². The Morgan fingerprint density at radius 1 is 1.00 bits per heavy atom. The molecule has 3 fully saturated rings. The summed E-state index contributed by atoms with van der Waals surface area (Å²) in [6.07, 6.45) is 10.8. The Bertz CT molecular complexity index is 277. The third-order valence-corrected chi connectivity index (χ3v) is 4.40. The predicted molar refractivity (Wildman–Crippen MR) is 66.3 cm³/mol. The molecule has 3 nitrogen and oxygen atoms in total. The molecular weight excluding hydrogens is 198 g/mol. The van der Waals surface area contributed by atoms with Gasteiger partial charge in [0, 0.05) is 12.6 Å². The molecule has 0 aromatic carbocycles. The van der Waals surface area contributed by atoms with Crippen LogP contribution in [0.3, 0.4) is 0 Å². The quantitative estimate of drug-likeness (QED) is 0.573. The first kappa shape index (κ1) is 10.4. The Morgan fingerprint density at radius 3 is 2.44 bits per heavy atom. The standard InChI is InChI=1S/C13H23N3/c14-13(15-11-7-8-11)16-9-3-6-12(16)10-4-1-2-5-10/h10-12H,1-9H2,(H2,14,15). The van der Waals surface area contributed by atoms with E-state index in [-0.39, 0.29) is 0 Å². The Morgan fingerprint density at radius 2 is 1.75 bits per heavy atom. The second-order valence-electron chi connectivity index (χ2n) is 5.67. The van der Waals surface area contributed by atoms with Gasteiger partial charge in [-0.2, -0.15) is 0 Å². The van der Waals surface area contributed by atoms with Gasteiger partial charge in [0.1, 0.15) is 0 Å². The monoisotopic (exact) mass is 221 g/mol. The van der Waals surface area contributed by atoms with Crippen LogP contribution in [-0.4, -0.2) is 29.5 Å². The van der Waals surface area contributed by atoms with Crippen LogP contribution in [0.4, 0.5) is 0 Å². The van der Waals surface area contributed by atoms with Crippen LogP contribution >= 0.6 is 0 Å². The maximum atomic E-state index is 6.15. The Labute approximate surface area is 98.1 Å². The molecule has 1 atom stereocenters. The molecule has 2 aliphatic carbocycles. The highest BCUT2D eigenvalue weighted by atomic mass is 15.3. The fourth-order valence-corrected chi connectivity index (χ4v) is 3.37. The molecule has 0 bridgehead atoms. The number of hydrogen-bond donors (Lipinski definition) is 1. The van der Waals surface area contributed by atoms with Crippen molar-refractivity contribution in [3.63, 3.8) is 0 Å². The summed E-state index contributed by atoms with van der Waals surface area (Å²) in [6.45, 7) is 1.14. The fraction of sp³-hybridized carbons (Fsp3) is 0.923. The van der Waals surface area contributed by atoms with Crippen molar-refractivity contribution in [2.45, 2.75) is 63.5 Å². The minimum absolute atomic E-state index is 0.560. The maximum absolute atomic E-state index is 6.15. The van der Waals surface area contributed by atoms with Crippen molar-refractivity contribution in [2.24, 2.45) is 16.6 Å². The third-order valence-electron chi connectivity index (χ3n) is 4.40. The summed E-state index contributed by atoms with van der Waals surface area (Å²) in [4.78, 5) is 7.02. The molecule has 0 spiro atoms. The lowest BCUT2D eigenvalue weighted by Gasteiger charge is -2.30. The molecule has 1 aliphatic heterocycles. The van der Waals surface area contributed by atoms with Crippen LogP contribution < -0.4 is 5.73 Å². The number of hydrogen-bond acceptors (Lipinski definition) is 1. The highest BCUT2D eigenvalue weighted by Gasteiger charge is 2.35. The normalized spacial score (nSPS) is 32.6. The molecular formula is C13H23N3. The van der Waals surface area contributed by atoms with E-state index in [0.29, 0.717) is 12.1 Å². The van der Waals surface area contributed by atoms with Crippen molar-refractivity contribution < 1.29 is 0 Å². The van der Waals surface area contributed by atoms with Crippen LogP contribution in [0.15, 0.2) is 4.99 Å². The molecule has 90 valence electrons. The van der Waals surface area contributed by atoms with Crippen molar-refractivity contribution in [3.05, 3.63) is 0 Å². The molecule has 3 heteroatoms. The van der Waals surface area contributed by atoms with Crippen molar-refractivity contribution in [3.8, 4) is 0 Å². The second-order valence-corrected chi connectivity index (χ2v) is 5.67. The van der Waals surface area contributed by atoms with Gasteiger partial charge in [0.25, 0.3) is 0 Å². The lowest BCUT2D eigenvalue weighted by atomic mass is 9.96. The van der Waals surface area contributed by atoms with Gasteiger partial charge in [0.15, 0.2) is 5.96 Å². The van der Waals surface area contributed by atoms with Gasteiger partial charge in [-0.05, 0) is 44.4 Å². The highest BCUT2D eigenvalue weighted by molar-refractivity contribution is 5.79. The van der Waals surface area contributed by atoms with Crippen molar-refractivity contribution >= 4 is 5.96 Å². The SMILES string of the molecule is NC(=NC1CC1)N1CCCC1C1CCCC1. The molecule has 0 aromatic rings. The first-order valence-electron chi connectivity index (χ1n) is 6.94. The summed E-state index contributed by atoms with van der Waals surface area (Å²) in [5, 5.41) is 0. The van der Waals surface area contributed by atoms with Gasteiger partial charge in [0.2, 0.25) is 0 Å². The molecule has 0 aromatic heterocycles. The van der Waals surface area contributed by atoms with Crippen molar-refractivity contribution in [1.82, 2.24) is 4.90 Å². The van der Waals surface area contributed by atoms with Gasteiger partial charge in [-0.3, -0.25) is 0 Å². The molecule has 3 rings (SSSR count). The molecule has 2 N–H and O–H groups in total. The van der Waals surface area contributed by atoms with Crippen LogP contribution in [0.5, 0.6) is 0 Å². The lowest BCUT2D eigenvalue weighted by Crippen LogP contribution is -2.43. The van der Waals surface area contributed by atoms with Gasteiger partial charge in [-0.1, -0.05) is 12.8 Å². The number of guanidine groups is 1. The predicted octanol–water partition coefficient (Wildman–Crippen LogP) is 2.12. The number of likely N-dealkylation sites (tertiary alicyclic amines) is 1. The molecule has 0 radical (unpaired) electrons. The van der Waals surface area contributed by atoms with Gasteiger partial charge >= 0.3 is 0 Å². The van der Waals surface area contributed by atoms with E-state index in [4.69, 9.17) is 5.73 Å². The zero-order valence-corrected chi connectivity index (χ0v) is 10.1. The van der Waals surface area contributed by atoms with Gasteiger partial charge in [-0.25, -0.2) is 4.99 Å². The number of nitrogens with zero attached hydrogens (tertiary/aromatic N) is 2. The van der Waals surface area contributed by atoms with Gasteiger partial charge in [0.05, 0.1) is 6.04 Å². The highest BCUT2D eigenvalue weighted by Crippen LogP contribution is 2.35. The Hall–Kier alpha value is -0.730. The largest absolute Gasteiger partial charge is 0.370 e. The van der Waals surface area contributed by atoms with E-state index in [1.807, 2.05) is 0 Å². The van der Waals surface area contributed by atoms with Crippen LogP contribution in [0.25, 0.3) is 0 Å². The lowest BCUT2D eigenvalue weighted by molar-refractivity contribution is 0.278. The van der Waals surface area contributed by atoms with Gasteiger partial charge < -0.3 is 10.6 Å². The zero-order chi connectivity index (χ0) is 11.0. The number of rotatable bonds is 2. The summed E-state index contributed by atoms with van der Waals surface area (Å²) in [5.41, 5.74) is 6.15. The first-order chi connectivity index (χ1) is 7.84. The molecule has 1 unspecified atom stereocenters. The van der Waals surface area contributed by atoms with Crippen molar-refractivity contribution in [2.75, 3.05) is 6.54 Å². The smallest absolute Gasteiger partial charge is 0.191 e. The summed E-state index contributed by atoms with van der Waals surface area (Å²) in [7, 11) is 0. The molecule has 3 aliphatic rings. The van der Waals surface area contributed by atoms with E-state index in [2.05, 4.69) is 9.89 Å². The fourth-order valence-electron chi connectivity index (χ4n) is 3.37. The average Bonchev–Trinajstić information content (AvgIpc) is 2.84. The minimum Gasteiger partial charge on any atom is -0.370 e. The van der Waals surface area contributed by atoms with Crippen LogP contribution in [0.1, 0.15) is 51.4 Å². The van der Waals surface area contributed by atoms with E-state index in [1.165, 1.54) is 51.4 Å². The molecule has 16 heavy (non-hydrogen) atoms. The Balaban J connectivity index is 1.67. The molecule has 2 saturated carbocycles. The zero-order valence-electron chi connectivity index (χ0n) is 10.1. The second kappa shape index (κ2) is 4.27. The van der Waals surface area contributed by atoms with Crippen LogP contribution in [0.2, 0.25) is 0 Å². The van der Waals surface area contributed by atoms with E-state index >= 15 is 0 Å².